The van der Waals surface area contributed by atoms with Crippen LogP contribution in [0, 0.1) is 40.7 Å². The van der Waals surface area contributed by atoms with E-state index in [0.29, 0.717) is 45.1 Å². The van der Waals surface area contributed by atoms with Crippen molar-refractivity contribution >= 4 is 43.7 Å². The van der Waals surface area contributed by atoms with Crippen molar-refractivity contribution in [3.8, 4) is 16.8 Å². The third kappa shape index (κ3) is 3.16. The summed E-state index contributed by atoms with van der Waals surface area (Å²) in [5, 5.41) is 2.98. The monoisotopic (exact) mass is 535 g/mol. The quantitative estimate of drug-likeness (QED) is 0.123. The molecule has 2 nitrogen and oxygen atoms in total. The zero-order chi connectivity index (χ0) is 27.2. The van der Waals surface area contributed by atoms with Crippen LogP contribution in [0.3, 0.4) is 0 Å². The van der Waals surface area contributed by atoms with E-state index >= 15 is 8.78 Å². The Labute approximate surface area is 214 Å². The highest BCUT2D eigenvalue weighted by atomic mass is 19.2. The van der Waals surface area contributed by atoms with Gasteiger partial charge < -0.3 is 8.98 Å². The van der Waals surface area contributed by atoms with Crippen molar-refractivity contribution in [1.29, 1.82) is 0 Å². The van der Waals surface area contributed by atoms with Crippen molar-refractivity contribution in [1.82, 2.24) is 4.57 Å². The van der Waals surface area contributed by atoms with Crippen LogP contribution in [-0.2, 0) is 0 Å². The molecule has 7 aromatic rings. The van der Waals surface area contributed by atoms with Gasteiger partial charge in [-0.1, -0.05) is 36.4 Å². The van der Waals surface area contributed by atoms with E-state index in [1.165, 1.54) is 4.57 Å². The lowest BCUT2D eigenvalue weighted by Gasteiger charge is -2.14. The van der Waals surface area contributed by atoms with Crippen LogP contribution in [0.2, 0.25) is 0 Å². The van der Waals surface area contributed by atoms with E-state index in [0.717, 1.165) is 10.8 Å². The SMILES string of the molecule is Fc1cc(-c2c(F)c(F)c(F)c(F)c2F)cc(F)c1-n1c2ccccc2c2cc3c(cc21)oc1ccccc13. The molecule has 0 spiro atoms. The van der Waals surface area contributed by atoms with Crippen LogP contribution >= 0.6 is 0 Å². The highest BCUT2D eigenvalue weighted by Crippen LogP contribution is 2.40. The Morgan fingerprint density at radius 3 is 1.77 bits per heavy atom. The van der Waals surface area contributed by atoms with Gasteiger partial charge in [0.15, 0.2) is 34.9 Å². The molecule has 192 valence electrons. The van der Waals surface area contributed by atoms with Gasteiger partial charge in [-0.25, -0.2) is 30.7 Å². The molecule has 7 rings (SSSR count). The van der Waals surface area contributed by atoms with Crippen LogP contribution in [0.5, 0.6) is 0 Å². The molecule has 0 aliphatic carbocycles. The molecule has 9 heteroatoms. The Kier molecular flexibility index (Phi) is 4.85. The van der Waals surface area contributed by atoms with Gasteiger partial charge in [0.1, 0.15) is 16.9 Å². The van der Waals surface area contributed by atoms with Crippen LogP contribution in [0.1, 0.15) is 0 Å². The molecule has 0 aliphatic rings. The minimum absolute atomic E-state index is 0.379. The first-order valence-electron chi connectivity index (χ1n) is 11.6. The second-order valence-corrected chi connectivity index (χ2v) is 9.05. The van der Waals surface area contributed by atoms with E-state index in [4.69, 9.17) is 4.42 Å². The topological polar surface area (TPSA) is 18.1 Å². The van der Waals surface area contributed by atoms with Crippen molar-refractivity contribution in [3.63, 3.8) is 0 Å². The lowest BCUT2D eigenvalue weighted by Crippen LogP contribution is -2.06. The summed E-state index contributed by atoms with van der Waals surface area (Å²) in [5.41, 5.74) is -0.976. The van der Waals surface area contributed by atoms with E-state index in [1.807, 2.05) is 24.3 Å². The van der Waals surface area contributed by atoms with Gasteiger partial charge in [0.2, 0.25) is 5.82 Å². The molecule has 0 atom stereocenters. The number of fused-ring (bicyclic) bond motifs is 6. The number of rotatable bonds is 2. The van der Waals surface area contributed by atoms with Crippen LogP contribution in [0.4, 0.5) is 30.7 Å². The fraction of sp³-hybridized carbons (Fsp3) is 0. The van der Waals surface area contributed by atoms with Crippen molar-refractivity contribution < 1.29 is 35.2 Å². The molecule has 0 bridgehead atoms. The third-order valence-electron chi connectivity index (χ3n) is 6.91. The molecular formula is C30H12F7NO. The first-order chi connectivity index (χ1) is 18.8. The number of para-hydroxylation sites is 2. The zero-order valence-electron chi connectivity index (χ0n) is 19.4. The smallest absolute Gasteiger partial charge is 0.200 e. The fourth-order valence-corrected chi connectivity index (χ4v) is 5.21. The maximum atomic E-state index is 15.7. The highest BCUT2D eigenvalue weighted by Gasteiger charge is 2.29. The Bertz CT molecular complexity index is 2110. The van der Waals surface area contributed by atoms with Crippen molar-refractivity contribution in [2.75, 3.05) is 0 Å². The Balaban J connectivity index is 1.54. The highest BCUT2D eigenvalue weighted by molar-refractivity contribution is 6.17. The summed E-state index contributed by atoms with van der Waals surface area (Å²) in [7, 11) is 0. The van der Waals surface area contributed by atoms with Crippen molar-refractivity contribution in [2.24, 2.45) is 0 Å². The predicted octanol–water partition coefficient (Wildman–Crippen LogP) is 9.32. The molecule has 0 saturated heterocycles. The Morgan fingerprint density at radius 2 is 1.08 bits per heavy atom. The molecule has 0 unspecified atom stereocenters. The molecule has 5 aromatic carbocycles. The van der Waals surface area contributed by atoms with Crippen LogP contribution in [0.25, 0.3) is 60.6 Å². The number of furan rings is 1. The zero-order valence-corrected chi connectivity index (χ0v) is 19.4. The predicted molar refractivity (Wildman–Crippen MR) is 133 cm³/mol. The standard InChI is InChI=1S/C30H12F7NO/c31-18-9-13(24-25(33)27(35)29(37)28(36)26(24)34)10-19(32)30(18)38-20-7-3-1-5-14(20)16-11-17-15-6-2-4-8-22(15)39-23(17)12-21(16)38/h1-12H. The summed E-state index contributed by atoms with van der Waals surface area (Å²) < 4.78 is 108. The second kappa shape index (κ2) is 8.10. The third-order valence-corrected chi connectivity index (χ3v) is 6.91. The van der Waals surface area contributed by atoms with Crippen LogP contribution in [-0.4, -0.2) is 4.57 Å². The Hall–Kier alpha value is -4.79. The molecule has 0 fully saturated rings. The maximum Gasteiger partial charge on any atom is 0.200 e. The van der Waals surface area contributed by atoms with Crippen LogP contribution in [0.15, 0.2) is 77.2 Å². The molecular weight excluding hydrogens is 523 g/mol. The van der Waals surface area contributed by atoms with E-state index < -0.39 is 57.5 Å². The molecule has 2 aromatic heterocycles. The summed E-state index contributed by atoms with van der Waals surface area (Å²) in [4.78, 5) is 0. The minimum Gasteiger partial charge on any atom is -0.456 e. The Morgan fingerprint density at radius 1 is 0.487 bits per heavy atom. The number of benzene rings is 5. The van der Waals surface area contributed by atoms with Gasteiger partial charge in [-0.2, -0.15) is 0 Å². The number of hydrogen-bond donors (Lipinski definition) is 0. The van der Waals surface area contributed by atoms with E-state index in [2.05, 4.69) is 0 Å². The number of hydrogen-bond acceptors (Lipinski definition) is 1. The lowest BCUT2D eigenvalue weighted by molar-refractivity contribution is 0.381. The van der Waals surface area contributed by atoms with Gasteiger partial charge in [0, 0.05) is 27.6 Å². The van der Waals surface area contributed by atoms with E-state index in [-0.39, 0.29) is 0 Å². The normalized spacial score (nSPS) is 12.0. The molecule has 0 amide bonds. The van der Waals surface area contributed by atoms with Gasteiger partial charge in [0.25, 0.3) is 0 Å². The number of halogens is 7. The van der Waals surface area contributed by atoms with Gasteiger partial charge >= 0.3 is 0 Å². The summed E-state index contributed by atoms with van der Waals surface area (Å²) >= 11 is 0. The summed E-state index contributed by atoms with van der Waals surface area (Å²) in [5.74, 6) is -13.7. The average Bonchev–Trinajstić information content (AvgIpc) is 3.45. The number of aromatic nitrogens is 1. The maximum absolute atomic E-state index is 15.7. The lowest BCUT2D eigenvalue weighted by atomic mass is 10.0. The molecule has 0 radical (unpaired) electrons. The van der Waals surface area contributed by atoms with Crippen molar-refractivity contribution in [3.05, 3.63) is 114 Å². The van der Waals surface area contributed by atoms with Crippen LogP contribution < -0.4 is 0 Å². The molecule has 0 N–H and O–H groups in total. The van der Waals surface area contributed by atoms with Gasteiger partial charge in [-0.05, 0) is 35.9 Å². The summed E-state index contributed by atoms with van der Waals surface area (Å²) in [6.07, 6.45) is 0. The molecule has 2 heterocycles. The largest absolute Gasteiger partial charge is 0.456 e. The van der Waals surface area contributed by atoms with Gasteiger partial charge in [0.05, 0.1) is 16.6 Å². The minimum atomic E-state index is -2.37. The molecule has 0 aliphatic heterocycles. The van der Waals surface area contributed by atoms with E-state index in [1.54, 1.807) is 36.4 Å². The summed E-state index contributed by atoms with van der Waals surface area (Å²) in [6.45, 7) is 0. The average molecular weight is 535 g/mol. The summed E-state index contributed by atoms with van der Waals surface area (Å²) in [6, 6.07) is 18.8. The van der Waals surface area contributed by atoms with Crippen molar-refractivity contribution in [2.45, 2.75) is 0 Å². The fourth-order valence-electron chi connectivity index (χ4n) is 5.21. The van der Waals surface area contributed by atoms with Gasteiger partial charge in [-0.15, -0.1) is 0 Å². The second-order valence-electron chi connectivity index (χ2n) is 9.05. The number of nitrogens with zero attached hydrogens (tertiary/aromatic N) is 1. The first kappa shape index (κ1) is 23.3. The first-order valence-corrected chi connectivity index (χ1v) is 11.6. The molecule has 0 saturated carbocycles. The van der Waals surface area contributed by atoms with E-state index in [9.17, 15) is 22.0 Å². The molecule has 39 heavy (non-hydrogen) atoms. The van der Waals surface area contributed by atoms with Gasteiger partial charge in [-0.3, -0.25) is 0 Å².